The summed E-state index contributed by atoms with van der Waals surface area (Å²) in [5.41, 5.74) is 1.03. The molecule has 0 spiro atoms. The van der Waals surface area contributed by atoms with Crippen LogP contribution in [-0.4, -0.2) is 37.4 Å². The van der Waals surface area contributed by atoms with E-state index in [1.54, 1.807) is 26.0 Å². The zero-order valence-corrected chi connectivity index (χ0v) is 12.9. The number of rotatable bonds is 3. The van der Waals surface area contributed by atoms with Gasteiger partial charge >= 0.3 is 5.97 Å². The summed E-state index contributed by atoms with van der Waals surface area (Å²) in [6, 6.07) is 3.27. The fourth-order valence-corrected chi connectivity index (χ4v) is 2.52. The van der Waals surface area contributed by atoms with Crippen molar-refractivity contribution in [3.8, 4) is 5.75 Å². The van der Waals surface area contributed by atoms with Crippen LogP contribution in [-0.2, 0) is 35.3 Å². The second kappa shape index (κ2) is 5.58. The first-order valence-corrected chi connectivity index (χ1v) is 7.19. The van der Waals surface area contributed by atoms with E-state index in [-0.39, 0.29) is 0 Å². The predicted octanol–water partition coefficient (Wildman–Crippen LogP) is 1.45. The summed E-state index contributed by atoms with van der Waals surface area (Å²) in [5.74, 6) is -2.01. The van der Waals surface area contributed by atoms with Crippen LogP contribution in [0.1, 0.15) is 32.2 Å². The molecule has 2 aliphatic rings. The SMILES string of the molecule is CC(=O)Oc1cc(C2(C)OCCO2)nc(C2(C)OCCO2)c1. The molecule has 0 N–H and O–H groups in total. The lowest BCUT2D eigenvalue weighted by Gasteiger charge is -2.26. The van der Waals surface area contributed by atoms with Crippen LogP contribution in [0.25, 0.3) is 0 Å². The quantitative estimate of drug-likeness (QED) is 0.782. The lowest BCUT2D eigenvalue weighted by atomic mass is 10.1. The highest BCUT2D eigenvalue weighted by atomic mass is 16.7. The Morgan fingerprint density at radius 2 is 1.41 bits per heavy atom. The summed E-state index contributed by atoms with van der Waals surface area (Å²) in [5, 5.41) is 0. The zero-order chi connectivity index (χ0) is 15.8. The molecule has 0 bridgehead atoms. The minimum atomic E-state index is -0.972. The molecule has 2 aliphatic heterocycles. The second-order valence-electron chi connectivity index (χ2n) is 5.45. The number of carbonyl (C=O) groups excluding carboxylic acids is 1. The van der Waals surface area contributed by atoms with Crippen LogP contribution in [0.2, 0.25) is 0 Å². The molecule has 0 aliphatic carbocycles. The molecule has 0 amide bonds. The number of aromatic nitrogens is 1. The molecule has 0 atom stereocenters. The number of hydrogen-bond acceptors (Lipinski definition) is 7. The van der Waals surface area contributed by atoms with Gasteiger partial charge in [-0.15, -0.1) is 0 Å². The van der Waals surface area contributed by atoms with Gasteiger partial charge in [0.05, 0.1) is 26.4 Å². The fourth-order valence-electron chi connectivity index (χ4n) is 2.52. The predicted molar refractivity (Wildman–Crippen MR) is 74.1 cm³/mol. The molecule has 3 heterocycles. The van der Waals surface area contributed by atoms with E-state index in [1.807, 2.05) is 0 Å². The highest BCUT2D eigenvalue weighted by Crippen LogP contribution is 2.36. The first-order valence-electron chi connectivity index (χ1n) is 7.19. The molecule has 2 saturated heterocycles. The number of nitrogens with zero attached hydrogens (tertiary/aromatic N) is 1. The maximum absolute atomic E-state index is 11.3. The summed E-state index contributed by atoms with van der Waals surface area (Å²) in [7, 11) is 0. The molecule has 7 heteroatoms. The van der Waals surface area contributed by atoms with E-state index in [0.717, 1.165) is 0 Å². The van der Waals surface area contributed by atoms with Gasteiger partial charge in [-0.3, -0.25) is 4.79 Å². The topological polar surface area (TPSA) is 76.1 Å². The summed E-state index contributed by atoms with van der Waals surface area (Å²) < 4.78 is 27.7. The molecular weight excluding hydrogens is 290 g/mol. The van der Waals surface area contributed by atoms with E-state index >= 15 is 0 Å². The fraction of sp³-hybridized carbons (Fsp3) is 0.600. The first-order chi connectivity index (χ1) is 10.4. The molecule has 0 radical (unpaired) electrons. The second-order valence-corrected chi connectivity index (χ2v) is 5.45. The minimum absolute atomic E-state index is 0.355. The van der Waals surface area contributed by atoms with Gasteiger partial charge in [0.2, 0.25) is 11.6 Å². The number of ether oxygens (including phenoxy) is 5. The Balaban J connectivity index is 2.03. The molecule has 2 fully saturated rings. The Kier molecular flexibility index (Phi) is 3.90. The van der Waals surface area contributed by atoms with Crippen molar-refractivity contribution in [3.63, 3.8) is 0 Å². The third kappa shape index (κ3) is 2.85. The number of hydrogen-bond donors (Lipinski definition) is 0. The summed E-state index contributed by atoms with van der Waals surface area (Å²) in [6.45, 7) is 6.83. The van der Waals surface area contributed by atoms with Crippen LogP contribution in [0.3, 0.4) is 0 Å². The highest BCUT2D eigenvalue weighted by molar-refractivity contribution is 5.69. The maximum atomic E-state index is 11.3. The van der Waals surface area contributed by atoms with Gasteiger partial charge in [0.15, 0.2) is 0 Å². The van der Waals surface area contributed by atoms with Crippen LogP contribution in [0.15, 0.2) is 12.1 Å². The third-order valence-electron chi connectivity index (χ3n) is 3.67. The smallest absolute Gasteiger partial charge is 0.308 e. The van der Waals surface area contributed by atoms with Gasteiger partial charge in [-0.1, -0.05) is 0 Å². The van der Waals surface area contributed by atoms with E-state index in [4.69, 9.17) is 23.7 Å². The Bertz CT molecular complexity index is 535. The normalized spacial score (nSPS) is 22.7. The van der Waals surface area contributed by atoms with E-state index in [2.05, 4.69) is 4.98 Å². The lowest BCUT2D eigenvalue weighted by molar-refractivity contribution is -0.161. The van der Waals surface area contributed by atoms with Gasteiger partial charge in [-0.2, -0.15) is 0 Å². The van der Waals surface area contributed by atoms with Crippen molar-refractivity contribution in [3.05, 3.63) is 23.5 Å². The number of carbonyl (C=O) groups is 1. The Morgan fingerprint density at radius 3 is 1.77 bits per heavy atom. The Labute approximate surface area is 128 Å². The van der Waals surface area contributed by atoms with Crippen LogP contribution in [0.4, 0.5) is 0 Å². The van der Waals surface area contributed by atoms with Crippen LogP contribution in [0, 0.1) is 0 Å². The Hall–Kier alpha value is -1.54. The third-order valence-corrected chi connectivity index (χ3v) is 3.67. The molecule has 1 aromatic heterocycles. The average Bonchev–Trinajstić information content (AvgIpc) is 3.08. The first kappa shape index (κ1) is 15.4. The van der Waals surface area contributed by atoms with E-state index < -0.39 is 17.5 Å². The number of esters is 1. The summed E-state index contributed by atoms with van der Waals surface area (Å²) in [4.78, 5) is 15.8. The van der Waals surface area contributed by atoms with Crippen molar-refractivity contribution in [2.45, 2.75) is 32.3 Å². The van der Waals surface area contributed by atoms with Crippen LogP contribution >= 0.6 is 0 Å². The molecule has 0 unspecified atom stereocenters. The van der Waals surface area contributed by atoms with Gasteiger partial charge in [0.1, 0.15) is 17.1 Å². The number of pyridine rings is 1. The van der Waals surface area contributed by atoms with Gasteiger partial charge in [0.25, 0.3) is 0 Å². The van der Waals surface area contributed by atoms with Crippen molar-refractivity contribution in [1.82, 2.24) is 4.98 Å². The summed E-state index contributed by atoms with van der Waals surface area (Å²) in [6.07, 6.45) is 0. The molecule has 3 rings (SSSR count). The van der Waals surface area contributed by atoms with Crippen molar-refractivity contribution in [1.29, 1.82) is 0 Å². The summed E-state index contributed by atoms with van der Waals surface area (Å²) >= 11 is 0. The van der Waals surface area contributed by atoms with Crippen molar-refractivity contribution in [2.24, 2.45) is 0 Å². The van der Waals surface area contributed by atoms with E-state index in [9.17, 15) is 4.79 Å². The molecular formula is C15H19NO6. The monoisotopic (exact) mass is 309 g/mol. The molecule has 0 aromatic carbocycles. The molecule has 120 valence electrons. The van der Waals surface area contributed by atoms with Crippen molar-refractivity contribution in [2.75, 3.05) is 26.4 Å². The van der Waals surface area contributed by atoms with Gasteiger partial charge in [-0.05, 0) is 13.8 Å². The molecule has 22 heavy (non-hydrogen) atoms. The molecule has 1 aromatic rings. The van der Waals surface area contributed by atoms with E-state index in [0.29, 0.717) is 43.6 Å². The van der Waals surface area contributed by atoms with Crippen molar-refractivity contribution < 1.29 is 28.5 Å². The average molecular weight is 309 g/mol. The molecule has 7 nitrogen and oxygen atoms in total. The van der Waals surface area contributed by atoms with E-state index in [1.165, 1.54) is 6.92 Å². The molecule has 0 saturated carbocycles. The standard InChI is InChI=1S/C15H19NO6/c1-10(17)22-11-8-12(14(2)18-4-5-19-14)16-13(9-11)15(3)20-6-7-21-15/h8-9H,4-7H2,1-3H3. The maximum Gasteiger partial charge on any atom is 0.308 e. The van der Waals surface area contributed by atoms with Gasteiger partial charge < -0.3 is 23.7 Å². The highest BCUT2D eigenvalue weighted by Gasteiger charge is 2.40. The van der Waals surface area contributed by atoms with Crippen LogP contribution < -0.4 is 4.74 Å². The largest absolute Gasteiger partial charge is 0.427 e. The minimum Gasteiger partial charge on any atom is -0.427 e. The van der Waals surface area contributed by atoms with Gasteiger partial charge in [0, 0.05) is 19.1 Å². The zero-order valence-electron chi connectivity index (χ0n) is 12.9. The van der Waals surface area contributed by atoms with Crippen LogP contribution in [0.5, 0.6) is 5.75 Å². The lowest BCUT2D eigenvalue weighted by Crippen LogP contribution is -2.29. The van der Waals surface area contributed by atoms with Gasteiger partial charge in [-0.25, -0.2) is 4.98 Å². The van der Waals surface area contributed by atoms with Crippen molar-refractivity contribution >= 4 is 5.97 Å². The Morgan fingerprint density at radius 1 is 1.00 bits per heavy atom.